The molecule has 0 saturated carbocycles. The first-order chi connectivity index (χ1) is 33.4. The van der Waals surface area contributed by atoms with Gasteiger partial charge in [0.1, 0.15) is 37.9 Å². The van der Waals surface area contributed by atoms with Gasteiger partial charge in [-0.15, -0.1) is 0 Å². The number of hydrogen-bond donors (Lipinski definition) is 3. The molecule has 0 aromatic rings. The summed E-state index contributed by atoms with van der Waals surface area (Å²) < 4.78 is 33.0. The summed E-state index contributed by atoms with van der Waals surface area (Å²) in [5.41, 5.74) is 0.670. The highest BCUT2D eigenvalue weighted by Crippen LogP contribution is 2.37. The minimum absolute atomic E-state index is 0.0731. The van der Waals surface area contributed by atoms with E-state index in [9.17, 15) is 24.0 Å². The minimum atomic E-state index is -0.707. The van der Waals surface area contributed by atoms with Crippen LogP contribution in [0.25, 0.3) is 0 Å². The molecule has 3 N–H and O–H groups in total. The van der Waals surface area contributed by atoms with E-state index < -0.39 is 35.0 Å². The molecule has 1 heterocycles. The summed E-state index contributed by atoms with van der Waals surface area (Å²) in [5.74, 6) is 1.71. The van der Waals surface area contributed by atoms with Crippen LogP contribution in [0.2, 0.25) is 0 Å². The third-order valence-electron chi connectivity index (χ3n) is 12.0. The van der Waals surface area contributed by atoms with Gasteiger partial charge in [0.25, 0.3) is 0 Å². The molecular weight excluding hydrogens is 919 g/mol. The molecule has 0 spiro atoms. The molecule has 16 nitrogen and oxygen atoms in total. The van der Waals surface area contributed by atoms with E-state index in [1.54, 1.807) is 18.7 Å². The first-order valence-electron chi connectivity index (χ1n) is 25.5. The third kappa shape index (κ3) is 27.8. The second-order valence-electron chi connectivity index (χ2n) is 22.1. The van der Waals surface area contributed by atoms with Crippen molar-refractivity contribution in [1.29, 1.82) is 0 Å². The molecule has 1 aliphatic heterocycles. The van der Waals surface area contributed by atoms with Crippen LogP contribution >= 0.6 is 0 Å². The smallest absolute Gasteiger partial charge is 0.424 e. The van der Waals surface area contributed by atoms with Crippen LogP contribution in [0.5, 0.6) is 0 Å². The normalized spacial score (nSPS) is 14.8. The fourth-order valence-electron chi connectivity index (χ4n) is 8.44. The van der Waals surface area contributed by atoms with Gasteiger partial charge < -0.3 is 44.4 Å². The van der Waals surface area contributed by atoms with E-state index >= 15 is 0 Å². The third-order valence-corrected chi connectivity index (χ3v) is 12.0. The molecule has 3 unspecified atom stereocenters. The standard InChI is InChI=1S/C56H93N5O11/c1-39(2)45(10)67-30-32-69-47(12)57-26-22-43(8)36-56(17,18)38-61-52(65)60(37-55(15,16)35-44(9)24-28-59-51(64)71-33-31-68-46(11)40(3)4)49(72-53(61)66)21-25-54(13,14)34-42(7)23-27-58-48(62)20-19-29-70-50(63)41(5)6/h21,42-44,57H,1,3,5,10-12,19-20,22-38H2,2,4,6-9,13-18H3,(H,58,62)(H,59,64)/b49-21-. The molecule has 408 valence electrons. The maximum atomic E-state index is 14.7. The summed E-state index contributed by atoms with van der Waals surface area (Å²) in [6.07, 6.45) is 6.31. The number of cyclic esters (lactones) is 1. The van der Waals surface area contributed by atoms with Gasteiger partial charge in [0.2, 0.25) is 11.8 Å². The second kappa shape index (κ2) is 31.7. The van der Waals surface area contributed by atoms with Gasteiger partial charge in [-0.3, -0.25) is 9.69 Å². The Morgan fingerprint density at radius 3 is 1.57 bits per heavy atom. The Hall–Kier alpha value is -5.67. The topological polar surface area (TPSA) is 183 Å². The highest BCUT2D eigenvalue weighted by molar-refractivity contribution is 5.94. The van der Waals surface area contributed by atoms with Crippen LogP contribution in [0, 0.1) is 34.0 Å². The SMILES string of the molecule is C=C(NCCC(C)CC(C)(C)CN1C(=O)O/C(=C\CC(C)(C)CC(C)CCNC(=O)CCCOC(=O)C(=C)C)N(CC(C)(C)CC(C)CCNC(=O)OCCOC(=C)C(=C)C)C1=O)OCCOC(=C)C(=C)C. The van der Waals surface area contributed by atoms with E-state index in [2.05, 4.69) is 118 Å². The van der Waals surface area contributed by atoms with Crippen molar-refractivity contribution in [2.45, 2.75) is 141 Å². The summed E-state index contributed by atoms with van der Waals surface area (Å²) in [5, 5.41) is 8.99. The Bertz CT molecular complexity index is 1920. The quantitative estimate of drug-likeness (QED) is 0.0133. The van der Waals surface area contributed by atoms with Gasteiger partial charge >= 0.3 is 24.2 Å². The number of carbonyl (C=O) groups is 5. The Balaban J connectivity index is 3.05. The van der Waals surface area contributed by atoms with E-state index in [4.69, 9.17) is 28.4 Å². The van der Waals surface area contributed by atoms with Gasteiger partial charge in [-0.25, -0.2) is 24.1 Å². The minimum Gasteiger partial charge on any atom is -0.490 e. The van der Waals surface area contributed by atoms with Crippen LogP contribution in [-0.2, 0) is 38.0 Å². The first kappa shape index (κ1) is 64.3. The molecule has 5 amide bonds. The highest BCUT2D eigenvalue weighted by atomic mass is 16.6. The van der Waals surface area contributed by atoms with Crippen molar-refractivity contribution >= 4 is 30.1 Å². The predicted octanol–water partition coefficient (Wildman–Crippen LogP) is 11.5. The molecule has 0 radical (unpaired) electrons. The van der Waals surface area contributed by atoms with E-state index in [0.29, 0.717) is 87.1 Å². The van der Waals surface area contributed by atoms with Crippen molar-refractivity contribution in [3.05, 3.63) is 85.6 Å². The average molecular weight is 1010 g/mol. The van der Waals surface area contributed by atoms with Crippen LogP contribution in [-0.4, -0.2) is 106 Å². The fraction of sp³-hybridized carbons (Fsp3) is 0.661. The molecule has 16 heteroatoms. The van der Waals surface area contributed by atoms with Crippen molar-refractivity contribution in [3.63, 3.8) is 0 Å². The molecule has 3 atom stereocenters. The van der Waals surface area contributed by atoms with E-state index in [0.717, 1.165) is 31.3 Å². The number of hydrogen-bond acceptors (Lipinski definition) is 12. The maximum absolute atomic E-state index is 14.7. The van der Waals surface area contributed by atoms with Crippen LogP contribution in [0.3, 0.4) is 0 Å². The van der Waals surface area contributed by atoms with E-state index in [1.807, 2.05) is 13.0 Å². The molecular formula is C56H93N5O11. The molecule has 0 aromatic carbocycles. The number of nitrogens with one attached hydrogen (secondary N) is 3. The summed E-state index contributed by atoms with van der Waals surface area (Å²) in [4.78, 5) is 67.7. The van der Waals surface area contributed by atoms with Crippen molar-refractivity contribution in [1.82, 2.24) is 25.8 Å². The number of ether oxygens (including phenoxy) is 6. The van der Waals surface area contributed by atoms with Gasteiger partial charge in [0.05, 0.1) is 6.61 Å². The van der Waals surface area contributed by atoms with Crippen LogP contribution in [0.1, 0.15) is 141 Å². The number of esters is 1. The second-order valence-corrected chi connectivity index (χ2v) is 22.1. The summed E-state index contributed by atoms with van der Waals surface area (Å²) in [7, 11) is 0. The maximum Gasteiger partial charge on any atom is 0.424 e. The number of amides is 5. The van der Waals surface area contributed by atoms with Gasteiger partial charge in [0.15, 0.2) is 5.88 Å². The Labute approximate surface area is 433 Å². The van der Waals surface area contributed by atoms with Gasteiger partial charge in [-0.1, -0.05) is 95.2 Å². The molecule has 1 aliphatic rings. The number of carbonyl (C=O) groups excluding carboxylic acids is 5. The van der Waals surface area contributed by atoms with Gasteiger partial charge in [0, 0.05) is 44.7 Å². The van der Waals surface area contributed by atoms with Crippen molar-refractivity contribution in [3.8, 4) is 0 Å². The van der Waals surface area contributed by atoms with E-state index in [-0.39, 0.29) is 74.3 Å². The molecule has 72 heavy (non-hydrogen) atoms. The lowest BCUT2D eigenvalue weighted by Crippen LogP contribution is -2.56. The monoisotopic (exact) mass is 1010 g/mol. The summed E-state index contributed by atoms with van der Waals surface area (Å²) >= 11 is 0. The molecule has 1 rings (SSSR count). The molecule has 1 saturated heterocycles. The van der Waals surface area contributed by atoms with Crippen LogP contribution in [0.4, 0.5) is 14.4 Å². The summed E-state index contributed by atoms with van der Waals surface area (Å²) in [6, 6.07) is -0.430. The number of allylic oxidation sites excluding steroid dienone is 3. The lowest BCUT2D eigenvalue weighted by atomic mass is 9.79. The number of urea groups is 1. The lowest BCUT2D eigenvalue weighted by molar-refractivity contribution is -0.139. The van der Waals surface area contributed by atoms with Gasteiger partial charge in [-0.2, -0.15) is 0 Å². The Morgan fingerprint density at radius 1 is 0.597 bits per heavy atom. The number of rotatable bonds is 38. The fourth-order valence-corrected chi connectivity index (χ4v) is 8.44. The zero-order valence-electron chi connectivity index (χ0n) is 46.4. The number of imide groups is 1. The lowest BCUT2D eigenvalue weighted by Gasteiger charge is -2.42. The van der Waals surface area contributed by atoms with Gasteiger partial charge in [-0.05, 0) is 130 Å². The molecule has 1 fully saturated rings. The van der Waals surface area contributed by atoms with Crippen LogP contribution in [0.15, 0.2) is 85.6 Å². The van der Waals surface area contributed by atoms with E-state index in [1.165, 1.54) is 4.90 Å². The van der Waals surface area contributed by atoms with Crippen molar-refractivity contribution in [2.24, 2.45) is 34.0 Å². The van der Waals surface area contributed by atoms with Crippen molar-refractivity contribution in [2.75, 3.05) is 65.8 Å². The Morgan fingerprint density at radius 2 is 1.06 bits per heavy atom. The first-order valence-corrected chi connectivity index (χ1v) is 25.5. The number of alkyl carbamates (subject to hydrolysis) is 1. The highest BCUT2D eigenvalue weighted by Gasteiger charge is 2.43. The Kier molecular flexibility index (Phi) is 28.3. The molecule has 0 aromatic heterocycles. The largest absolute Gasteiger partial charge is 0.490 e. The predicted molar refractivity (Wildman–Crippen MR) is 285 cm³/mol. The molecule has 0 bridgehead atoms. The average Bonchev–Trinajstić information content (AvgIpc) is 3.26. The van der Waals surface area contributed by atoms with Crippen molar-refractivity contribution < 1.29 is 52.4 Å². The zero-order valence-corrected chi connectivity index (χ0v) is 46.4. The summed E-state index contributed by atoms with van der Waals surface area (Å²) in [6.45, 7) is 49.8. The zero-order chi connectivity index (χ0) is 54.8. The molecule has 0 aliphatic carbocycles. The number of nitrogens with zero attached hydrogens (tertiary/aromatic N) is 2. The van der Waals surface area contributed by atoms with Crippen LogP contribution < -0.4 is 16.0 Å².